The van der Waals surface area contributed by atoms with Crippen LogP contribution in [0.1, 0.15) is 55.0 Å². The van der Waals surface area contributed by atoms with Crippen molar-refractivity contribution in [3.63, 3.8) is 0 Å². The molecule has 0 aliphatic carbocycles. The van der Waals surface area contributed by atoms with Crippen LogP contribution >= 0.6 is 11.3 Å². The van der Waals surface area contributed by atoms with E-state index in [9.17, 15) is 4.79 Å². The SMILES string of the molecule is CO[C@H]1CN(c2nc(-c3cccc(C)c3OCc3ccc4c(c3C)CCNC4)cs2)CC[C@H]1C(=O)OC(C)(C)C. The van der Waals surface area contributed by atoms with Crippen molar-refractivity contribution in [2.24, 2.45) is 5.92 Å². The Morgan fingerprint density at radius 3 is 2.80 bits per heavy atom. The van der Waals surface area contributed by atoms with E-state index in [1.165, 1.54) is 22.3 Å². The molecule has 1 saturated heterocycles. The first-order valence-electron chi connectivity index (χ1n) is 14.1. The van der Waals surface area contributed by atoms with Gasteiger partial charge in [0.05, 0.1) is 17.7 Å². The fourth-order valence-corrected chi connectivity index (χ4v) is 6.54. The molecule has 0 amide bonds. The van der Waals surface area contributed by atoms with Gasteiger partial charge in [-0.25, -0.2) is 4.98 Å². The number of anilines is 1. The molecule has 0 saturated carbocycles. The van der Waals surface area contributed by atoms with Gasteiger partial charge in [0.1, 0.15) is 18.0 Å². The Bertz CT molecular complexity index is 1360. The molecule has 2 aliphatic rings. The summed E-state index contributed by atoms with van der Waals surface area (Å²) in [6.45, 7) is 13.8. The van der Waals surface area contributed by atoms with Crippen molar-refractivity contribution in [2.75, 3.05) is 31.6 Å². The zero-order valence-corrected chi connectivity index (χ0v) is 25.3. The Balaban J connectivity index is 1.31. The van der Waals surface area contributed by atoms with E-state index in [0.29, 0.717) is 19.6 Å². The highest BCUT2D eigenvalue weighted by Gasteiger charge is 2.38. The van der Waals surface area contributed by atoms with Gasteiger partial charge in [-0.15, -0.1) is 11.3 Å². The highest BCUT2D eigenvalue weighted by Crippen LogP contribution is 2.37. The second-order valence-corrected chi connectivity index (χ2v) is 12.7. The lowest BCUT2D eigenvalue weighted by molar-refractivity contribution is -0.165. The molecule has 0 spiro atoms. The van der Waals surface area contributed by atoms with Gasteiger partial charge < -0.3 is 24.4 Å². The predicted molar refractivity (Wildman–Crippen MR) is 160 cm³/mol. The van der Waals surface area contributed by atoms with Crippen LogP contribution < -0.4 is 15.0 Å². The number of hydrogen-bond acceptors (Lipinski definition) is 8. The second kappa shape index (κ2) is 11.9. The molecule has 0 unspecified atom stereocenters. The number of thiazole rings is 1. The summed E-state index contributed by atoms with van der Waals surface area (Å²) in [5.74, 6) is 0.405. The Morgan fingerprint density at radius 2 is 2.02 bits per heavy atom. The van der Waals surface area contributed by atoms with E-state index in [1.807, 2.05) is 20.8 Å². The van der Waals surface area contributed by atoms with Crippen LogP contribution in [0.5, 0.6) is 5.75 Å². The van der Waals surface area contributed by atoms with Gasteiger partial charge in [0.15, 0.2) is 5.13 Å². The Morgan fingerprint density at radius 1 is 1.20 bits per heavy atom. The molecule has 0 bridgehead atoms. The number of carbonyl (C=O) groups excluding carboxylic acids is 1. The monoisotopic (exact) mass is 563 g/mol. The highest BCUT2D eigenvalue weighted by molar-refractivity contribution is 7.14. The molecule has 0 radical (unpaired) electrons. The Labute approximate surface area is 241 Å². The van der Waals surface area contributed by atoms with E-state index in [2.05, 4.69) is 59.8 Å². The normalized spacial score (nSPS) is 19.3. The molecular weight excluding hydrogens is 522 g/mol. The van der Waals surface area contributed by atoms with Gasteiger partial charge in [-0.05, 0) is 87.9 Å². The fraction of sp³-hybridized carbons (Fsp3) is 0.500. The van der Waals surface area contributed by atoms with E-state index >= 15 is 0 Å². The number of carbonyl (C=O) groups is 1. The summed E-state index contributed by atoms with van der Waals surface area (Å²) >= 11 is 1.61. The molecule has 2 aliphatic heterocycles. The van der Waals surface area contributed by atoms with Crippen LogP contribution in [0.4, 0.5) is 5.13 Å². The summed E-state index contributed by atoms with van der Waals surface area (Å²) in [5, 5.41) is 6.47. The molecule has 1 fully saturated rings. The third kappa shape index (κ3) is 6.19. The van der Waals surface area contributed by atoms with E-state index in [1.54, 1.807) is 18.4 Å². The van der Waals surface area contributed by atoms with Crippen molar-refractivity contribution in [3.05, 3.63) is 63.5 Å². The van der Waals surface area contributed by atoms with Gasteiger partial charge in [-0.3, -0.25) is 4.79 Å². The average Bonchev–Trinajstić information content (AvgIpc) is 3.42. The lowest BCUT2D eigenvalue weighted by Crippen LogP contribution is -2.49. The summed E-state index contributed by atoms with van der Waals surface area (Å²) in [6, 6.07) is 10.7. The molecular formula is C32H41N3O4S. The van der Waals surface area contributed by atoms with Gasteiger partial charge >= 0.3 is 5.97 Å². The standard InChI is InChI=1S/C32H41N3O4S/c1-20-8-7-9-25(29(20)38-18-23-11-10-22-16-33-14-12-24(22)21(23)2)27-19-40-31(34-27)35-15-13-26(28(17-35)37-6)30(36)39-32(3,4)5/h7-11,19,26,28,33H,12-18H2,1-6H3/t26-,28+/m1/s1. The number of aryl methyl sites for hydroxylation is 1. The zero-order chi connectivity index (χ0) is 28.4. The molecule has 2 atom stereocenters. The van der Waals surface area contributed by atoms with Crippen LogP contribution in [0, 0.1) is 19.8 Å². The van der Waals surface area contributed by atoms with Crippen molar-refractivity contribution < 1.29 is 19.0 Å². The molecule has 214 valence electrons. The quantitative estimate of drug-likeness (QED) is 0.363. The summed E-state index contributed by atoms with van der Waals surface area (Å²) in [5.41, 5.74) is 7.89. The van der Waals surface area contributed by atoms with Gasteiger partial charge in [0.2, 0.25) is 0 Å². The number of methoxy groups -OCH3 is 1. The Hall–Kier alpha value is -2.94. The van der Waals surface area contributed by atoms with Crippen molar-refractivity contribution in [2.45, 2.75) is 72.3 Å². The number of nitrogens with one attached hydrogen (secondary N) is 1. The van der Waals surface area contributed by atoms with E-state index < -0.39 is 5.60 Å². The maximum atomic E-state index is 12.8. The number of piperidine rings is 1. The van der Waals surface area contributed by atoms with Gasteiger partial charge in [-0.1, -0.05) is 24.3 Å². The molecule has 7 nitrogen and oxygen atoms in total. The molecule has 40 heavy (non-hydrogen) atoms. The van der Waals surface area contributed by atoms with E-state index in [-0.39, 0.29) is 18.0 Å². The molecule has 3 aromatic rings. The minimum atomic E-state index is -0.513. The lowest BCUT2D eigenvalue weighted by Gasteiger charge is -2.37. The molecule has 5 rings (SSSR count). The van der Waals surface area contributed by atoms with Crippen molar-refractivity contribution in [1.29, 1.82) is 0 Å². The first kappa shape index (κ1) is 28.6. The smallest absolute Gasteiger partial charge is 0.312 e. The van der Waals surface area contributed by atoms with Crippen molar-refractivity contribution >= 4 is 22.4 Å². The summed E-state index contributed by atoms with van der Waals surface area (Å²) in [6.07, 6.45) is 1.48. The lowest BCUT2D eigenvalue weighted by atomic mass is 9.93. The maximum absolute atomic E-state index is 12.8. The number of fused-ring (bicyclic) bond motifs is 1. The number of esters is 1. The minimum Gasteiger partial charge on any atom is -0.488 e. The van der Waals surface area contributed by atoms with Gasteiger partial charge in [0.25, 0.3) is 0 Å². The molecule has 3 heterocycles. The Kier molecular flexibility index (Phi) is 8.50. The number of para-hydroxylation sites is 1. The second-order valence-electron chi connectivity index (χ2n) is 11.8. The van der Waals surface area contributed by atoms with Crippen molar-refractivity contribution in [3.8, 4) is 17.0 Å². The van der Waals surface area contributed by atoms with E-state index in [0.717, 1.165) is 53.8 Å². The largest absolute Gasteiger partial charge is 0.488 e. The van der Waals surface area contributed by atoms with Crippen LogP contribution in [-0.4, -0.2) is 49.4 Å². The molecule has 1 aromatic heterocycles. The third-order valence-electron chi connectivity index (χ3n) is 7.87. The van der Waals surface area contributed by atoms with Gasteiger partial charge in [0, 0.05) is 37.7 Å². The fourth-order valence-electron chi connectivity index (χ4n) is 5.67. The van der Waals surface area contributed by atoms with Crippen LogP contribution in [0.15, 0.2) is 35.7 Å². The summed E-state index contributed by atoms with van der Waals surface area (Å²) in [4.78, 5) is 20.0. The topological polar surface area (TPSA) is 72.9 Å². The van der Waals surface area contributed by atoms with Crippen LogP contribution in [-0.2, 0) is 33.8 Å². The van der Waals surface area contributed by atoms with Crippen LogP contribution in [0.2, 0.25) is 0 Å². The number of ether oxygens (including phenoxy) is 3. The molecule has 2 aromatic carbocycles. The first-order chi connectivity index (χ1) is 19.1. The first-order valence-corrected chi connectivity index (χ1v) is 15.0. The average molecular weight is 564 g/mol. The highest BCUT2D eigenvalue weighted by atomic mass is 32.1. The zero-order valence-electron chi connectivity index (χ0n) is 24.5. The number of hydrogen-bond donors (Lipinski definition) is 1. The summed E-state index contributed by atoms with van der Waals surface area (Å²) < 4.78 is 17.9. The van der Waals surface area contributed by atoms with Crippen LogP contribution in [0.25, 0.3) is 11.3 Å². The summed E-state index contributed by atoms with van der Waals surface area (Å²) in [7, 11) is 1.66. The van der Waals surface area contributed by atoms with Crippen LogP contribution in [0.3, 0.4) is 0 Å². The number of aromatic nitrogens is 1. The minimum absolute atomic E-state index is 0.189. The van der Waals surface area contributed by atoms with Gasteiger partial charge in [-0.2, -0.15) is 0 Å². The molecule has 8 heteroatoms. The van der Waals surface area contributed by atoms with E-state index in [4.69, 9.17) is 19.2 Å². The maximum Gasteiger partial charge on any atom is 0.312 e. The predicted octanol–water partition coefficient (Wildman–Crippen LogP) is 5.83. The third-order valence-corrected chi connectivity index (χ3v) is 8.77. The number of rotatable bonds is 7. The van der Waals surface area contributed by atoms with Crippen molar-refractivity contribution in [1.82, 2.24) is 10.3 Å². The molecule has 1 N–H and O–H groups in total. The number of benzene rings is 2. The number of nitrogens with zero attached hydrogens (tertiary/aromatic N) is 2.